The molecular formula is C25H26NO+. The molecule has 1 fully saturated rings. The summed E-state index contributed by atoms with van der Waals surface area (Å²) < 4.78 is 0.780. The molecule has 1 saturated heterocycles. The van der Waals surface area contributed by atoms with Gasteiger partial charge in [-0.2, -0.15) is 0 Å². The molecule has 0 N–H and O–H groups in total. The maximum Gasteiger partial charge on any atom is 0.196 e. The Bertz CT molecular complexity index is 826. The molecule has 1 aliphatic heterocycles. The van der Waals surface area contributed by atoms with Crippen molar-refractivity contribution >= 4 is 17.9 Å². The first kappa shape index (κ1) is 18.8. The van der Waals surface area contributed by atoms with Crippen LogP contribution in [-0.4, -0.2) is 37.5 Å². The number of quaternary nitrogens is 1. The van der Waals surface area contributed by atoms with Crippen molar-refractivity contribution in [3.8, 4) is 0 Å². The molecule has 0 unspecified atom stereocenters. The number of likely N-dealkylation sites (N-methyl/N-ethyl adjacent to an activating group) is 1. The predicted molar refractivity (Wildman–Crippen MR) is 114 cm³/mol. The minimum absolute atomic E-state index is 0.155. The molecule has 1 aliphatic rings. The van der Waals surface area contributed by atoms with Gasteiger partial charge in [0.1, 0.15) is 13.1 Å². The van der Waals surface area contributed by atoms with E-state index in [1.807, 2.05) is 72.9 Å². The fraction of sp³-hybridized carbons (Fsp3) is 0.160. The molecule has 1 heterocycles. The zero-order valence-electron chi connectivity index (χ0n) is 16.0. The van der Waals surface area contributed by atoms with Gasteiger partial charge in [0.2, 0.25) is 0 Å². The highest BCUT2D eigenvalue weighted by atomic mass is 16.1. The highest BCUT2D eigenvalue weighted by molar-refractivity contribution is 6.09. The van der Waals surface area contributed by atoms with Crippen LogP contribution in [0.5, 0.6) is 0 Å². The van der Waals surface area contributed by atoms with Crippen molar-refractivity contribution in [2.24, 2.45) is 0 Å². The molecule has 2 aromatic rings. The summed E-state index contributed by atoms with van der Waals surface area (Å²) in [7, 11) is 4.33. The number of nitrogens with zero attached hydrogens (tertiary/aromatic N) is 1. The van der Waals surface area contributed by atoms with Gasteiger partial charge in [0.05, 0.1) is 25.2 Å². The Labute approximate surface area is 162 Å². The Morgan fingerprint density at radius 2 is 1.11 bits per heavy atom. The van der Waals surface area contributed by atoms with Crippen LogP contribution in [0, 0.1) is 0 Å². The van der Waals surface area contributed by atoms with Crippen molar-refractivity contribution in [2.75, 3.05) is 27.2 Å². The first-order chi connectivity index (χ1) is 13.0. The lowest BCUT2D eigenvalue weighted by Crippen LogP contribution is -2.48. The van der Waals surface area contributed by atoms with E-state index < -0.39 is 0 Å². The highest BCUT2D eigenvalue weighted by Crippen LogP contribution is 2.21. The number of ketones is 1. The average Bonchev–Trinajstić information content (AvgIpc) is 2.66. The summed E-state index contributed by atoms with van der Waals surface area (Å²) in [5.74, 6) is 0.155. The third kappa shape index (κ3) is 5.50. The van der Waals surface area contributed by atoms with E-state index in [-0.39, 0.29) is 5.78 Å². The quantitative estimate of drug-likeness (QED) is 0.561. The maximum absolute atomic E-state index is 12.9. The Balaban J connectivity index is 1.78. The third-order valence-electron chi connectivity index (χ3n) is 4.55. The molecule has 0 bridgehead atoms. The lowest BCUT2D eigenvalue weighted by Gasteiger charge is -2.35. The molecule has 0 aromatic heterocycles. The van der Waals surface area contributed by atoms with Crippen LogP contribution in [0.2, 0.25) is 0 Å². The van der Waals surface area contributed by atoms with Crippen LogP contribution in [-0.2, 0) is 4.79 Å². The number of benzene rings is 2. The largest absolute Gasteiger partial charge is 0.321 e. The molecule has 2 heteroatoms. The fourth-order valence-corrected chi connectivity index (χ4v) is 3.26. The van der Waals surface area contributed by atoms with Gasteiger partial charge in [0.15, 0.2) is 5.78 Å². The summed E-state index contributed by atoms with van der Waals surface area (Å²) in [6.45, 7) is 1.50. The van der Waals surface area contributed by atoms with E-state index >= 15 is 0 Å². The molecule has 0 aliphatic carbocycles. The summed E-state index contributed by atoms with van der Waals surface area (Å²) in [5.41, 5.74) is 3.98. The Morgan fingerprint density at radius 1 is 0.704 bits per heavy atom. The number of Topliss-reactive ketones (excluding diaryl/α,β-unsaturated/α-hetero) is 1. The van der Waals surface area contributed by atoms with Crippen LogP contribution >= 0.6 is 0 Å². The van der Waals surface area contributed by atoms with Crippen LogP contribution < -0.4 is 0 Å². The minimum atomic E-state index is 0.155. The third-order valence-corrected chi connectivity index (χ3v) is 4.55. The van der Waals surface area contributed by atoms with Gasteiger partial charge in [-0.25, -0.2) is 0 Å². The maximum atomic E-state index is 12.9. The first-order valence-electron chi connectivity index (χ1n) is 9.25. The van der Waals surface area contributed by atoms with Crippen molar-refractivity contribution in [3.63, 3.8) is 0 Å². The number of piperidine rings is 1. The van der Waals surface area contributed by atoms with E-state index in [9.17, 15) is 4.79 Å². The van der Waals surface area contributed by atoms with Crippen molar-refractivity contribution in [3.05, 3.63) is 107 Å². The van der Waals surface area contributed by atoms with Crippen molar-refractivity contribution < 1.29 is 9.28 Å². The highest BCUT2D eigenvalue weighted by Gasteiger charge is 2.32. The van der Waals surface area contributed by atoms with Gasteiger partial charge in [-0.3, -0.25) is 4.79 Å². The van der Waals surface area contributed by atoms with E-state index in [4.69, 9.17) is 0 Å². The summed E-state index contributed by atoms with van der Waals surface area (Å²) in [5, 5.41) is 0. The SMILES string of the molecule is C[N+]1(C)C/C(=C/C=C\c2ccccc2)C(=O)/C(=C\C=C\c2ccccc2)C1. The zero-order valence-corrected chi connectivity index (χ0v) is 16.0. The summed E-state index contributed by atoms with van der Waals surface area (Å²) in [6, 6.07) is 20.3. The monoisotopic (exact) mass is 356 g/mol. The second-order valence-corrected chi connectivity index (χ2v) is 7.50. The van der Waals surface area contributed by atoms with Gasteiger partial charge < -0.3 is 4.48 Å². The minimum Gasteiger partial charge on any atom is -0.321 e. The second kappa shape index (κ2) is 8.61. The van der Waals surface area contributed by atoms with Crippen LogP contribution in [0.15, 0.2) is 96.1 Å². The van der Waals surface area contributed by atoms with Crippen LogP contribution in [0.25, 0.3) is 12.2 Å². The van der Waals surface area contributed by atoms with E-state index in [1.54, 1.807) is 0 Å². The molecule has 0 atom stereocenters. The molecule has 0 spiro atoms. The molecule has 27 heavy (non-hydrogen) atoms. The van der Waals surface area contributed by atoms with Gasteiger partial charge in [0, 0.05) is 0 Å². The lowest BCUT2D eigenvalue weighted by molar-refractivity contribution is -0.881. The number of carbonyl (C=O) groups is 1. The van der Waals surface area contributed by atoms with Gasteiger partial charge >= 0.3 is 0 Å². The molecule has 0 radical (unpaired) electrons. The van der Waals surface area contributed by atoms with Crippen LogP contribution in [0.3, 0.4) is 0 Å². The number of hydrogen-bond acceptors (Lipinski definition) is 1. The van der Waals surface area contributed by atoms with Crippen molar-refractivity contribution in [1.29, 1.82) is 0 Å². The number of carbonyl (C=O) groups excluding carboxylic acids is 1. The number of allylic oxidation sites excluding steroid dienone is 4. The normalized spacial score (nSPS) is 20.1. The topological polar surface area (TPSA) is 17.1 Å². The van der Waals surface area contributed by atoms with Crippen molar-refractivity contribution in [1.82, 2.24) is 0 Å². The van der Waals surface area contributed by atoms with E-state index in [0.29, 0.717) is 0 Å². The Hall–Kier alpha value is -2.97. The molecule has 3 rings (SSSR count). The Kier molecular flexibility index (Phi) is 6.00. The summed E-state index contributed by atoms with van der Waals surface area (Å²) in [6.07, 6.45) is 11.9. The predicted octanol–water partition coefficient (Wildman–Crippen LogP) is 4.93. The molecule has 2 aromatic carbocycles. The molecule has 0 saturated carbocycles. The van der Waals surface area contributed by atoms with Gasteiger partial charge in [-0.05, 0) is 23.3 Å². The Morgan fingerprint density at radius 3 is 1.52 bits per heavy atom. The van der Waals surface area contributed by atoms with Gasteiger partial charge in [-0.1, -0.05) is 85.0 Å². The molecule has 0 amide bonds. The number of hydrogen-bond donors (Lipinski definition) is 0. The van der Waals surface area contributed by atoms with Gasteiger partial charge in [0.25, 0.3) is 0 Å². The van der Waals surface area contributed by atoms with E-state index in [1.165, 1.54) is 0 Å². The smallest absolute Gasteiger partial charge is 0.196 e. The first-order valence-corrected chi connectivity index (χ1v) is 9.25. The number of likely N-dealkylation sites (tertiary alicyclic amines) is 1. The van der Waals surface area contributed by atoms with Gasteiger partial charge in [-0.15, -0.1) is 0 Å². The summed E-state index contributed by atoms with van der Waals surface area (Å²) >= 11 is 0. The van der Waals surface area contributed by atoms with E-state index in [2.05, 4.69) is 38.4 Å². The summed E-state index contributed by atoms with van der Waals surface area (Å²) in [4.78, 5) is 12.9. The molecule has 136 valence electrons. The van der Waals surface area contributed by atoms with Crippen molar-refractivity contribution in [2.45, 2.75) is 0 Å². The lowest BCUT2D eigenvalue weighted by atomic mass is 9.95. The van der Waals surface area contributed by atoms with Crippen LogP contribution in [0.4, 0.5) is 0 Å². The average molecular weight is 356 g/mol. The molecular weight excluding hydrogens is 330 g/mol. The second-order valence-electron chi connectivity index (χ2n) is 7.50. The van der Waals surface area contributed by atoms with E-state index in [0.717, 1.165) is 39.8 Å². The number of rotatable bonds is 4. The zero-order chi connectivity index (χ0) is 19.1. The fourth-order valence-electron chi connectivity index (χ4n) is 3.26. The molecule has 2 nitrogen and oxygen atoms in total. The van der Waals surface area contributed by atoms with Crippen LogP contribution in [0.1, 0.15) is 11.1 Å². The standard InChI is InChI=1S/C25H26NO/c1-26(2)19-23(17-9-15-21-11-5-3-6-12-21)25(27)24(20-26)18-10-16-22-13-7-4-8-14-22/h3-18H,19-20H2,1-2H3/q+1/b15-9-,16-10+,23-17-,24-18-.